The Morgan fingerprint density at radius 1 is 1.45 bits per heavy atom. The normalized spacial score (nSPS) is 19.9. The molecule has 0 spiro atoms. The lowest BCUT2D eigenvalue weighted by Gasteiger charge is -2.30. The molecule has 6 heteroatoms. The highest BCUT2D eigenvalue weighted by atomic mass is 16.5. The number of rotatable bonds is 3. The lowest BCUT2D eigenvalue weighted by atomic mass is 9.97. The summed E-state index contributed by atoms with van der Waals surface area (Å²) in [6.45, 7) is 3.03. The van der Waals surface area contributed by atoms with Gasteiger partial charge in [0.15, 0.2) is 0 Å². The maximum atomic E-state index is 12.5. The highest BCUT2D eigenvalue weighted by Crippen LogP contribution is 2.24. The molecule has 1 aromatic heterocycles. The van der Waals surface area contributed by atoms with E-state index in [-0.39, 0.29) is 11.8 Å². The second-order valence-electron chi connectivity index (χ2n) is 5.31. The quantitative estimate of drug-likeness (QED) is 0.830. The van der Waals surface area contributed by atoms with E-state index in [0.29, 0.717) is 38.8 Å². The summed E-state index contributed by atoms with van der Waals surface area (Å²) in [7, 11) is 1.62. The van der Waals surface area contributed by atoms with Gasteiger partial charge in [0.2, 0.25) is 11.8 Å². The van der Waals surface area contributed by atoms with Crippen LogP contribution in [-0.4, -0.2) is 42.7 Å². The molecule has 3 rings (SSSR count). The molecule has 1 fully saturated rings. The monoisotopic (exact) mass is 280 g/mol. The molecular weight excluding hydrogens is 260 g/mol. The first kappa shape index (κ1) is 13.6. The molecule has 0 aliphatic carbocycles. The van der Waals surface area contributed by atoms with Crippen molar-refractivity contribution in [1.82, 2.24) is 9.88 Å². The molecule has 0 radical (unpaired) electrons. The van der Waals surface area contributed by atoms with Crippen molar-refractivity contribution in [2.75, 3.05) is 26.9 Å². The second-order valence-corrected chi connectivity index (χ2v) is 5.31. The van der Waals surface area contributed by atoms with E-state index in [9.17, 15) is 4.79 Å². The zero-order valence-electron chi connectivity index (χ0n) is 11.8. The van der Waals surface area contributed by atoms with E-state index >= 15 is 0 Å². The molecule has 2 aliphatic heterocycles. The Morgan fingerprint density at radius 2 is 2.25 bits per heavy atom. The highest BCUT2D eigenvalue weighted by molar-refractivity contribution is 5.79. The SMILES string of the molecule is COCc1nc2c(o1)CCN(C(=O)C1CCOCC1)C2. The minimum atomic E-state index is 0.107. The van der Waals surface area contributed by atoms with Gasteiger partial charge in [-0.3, -0.25) is 4.79 Å². The predicted octanol–water partition coefficient (Wildman–Crippen LogP) is 1.13. The summed E-state index contributed by atoms with van der Waals surface area (Å²) in [5, 5.41) is 0. The van der Waals surface area contributed by atoms with Gasteiger partial charge in [0.05, 0.1) is 6.54 Å². The van der Waals surface area contributed by atoms with E-state index in [0.717, 1.165) is 30.7 Å². The fourth-order valence-corrected chi connectivity index (χ4v) is 2.83. The van der Waals surface area contributed by atoms with Crippen LogP contribution in [0.2, 0.25) is 0 Å². The number of hydrogen-bond acceptors (Lipinski definition) is 5. The van der Waals surface area contributed by atoms with Crippen LogP contribution >= 0.6 is 0 Å². The van der Waals surface area contributed by atoms with Gasteiger partial charge in [-0.1, -0.05) is 0 Å². The number of methoxy groups -OCH3 is 1. The first-order valence-electron chi connectivity index (χ1n) is 7.11. The van der Waals surface area contributed by atoms with E-state index in [4.69, 9.17) is 13.9 Å². The topological polar surface area (TPSA) is 64.8 Å². The van der Waals surface area contributed by atoms with Crippen LogP contribution in [-0.2, 0) is 33.8 Å². The van der Waals surface area contributed by atoms with Crippen LogP contribution in [0.4, 0.5) is 0 Å². The molecule has 0 unspecified atom stereocenters. The van der Waals surface area contributed by atoms with E-state index < -0.39 is 0 Å². The predicted molar refractivity (Wildman–Crippen MR) is 69.9 cm³/mol. The zero-order valence-corrected chi connectivity index (χ0v) is 11.8. The summed E-state index contributed by atoms with van der Waals surface area (Å²) in [6.07, 6.45) is 2.40. The van der Waals surface area contributed by atoms with Gasteiger partial charge in [-0.05, 0) is 12.8 Å². The summed E-state index contributed by atoms with van der Waals surface area (Å²) >= 11 is 0. The van der Waals surface area contributed by atoms with Gasteiger partial charge >= 0.3 is 0 Å². The van der Waals surface area contributed by atoms with Crippen LogP contribution in [0.25, 0.3) is 0 Å². The summed E-state index contributed by atoms with van der Waals surface area (Å²) in [5.74, 6) is 1.83. The van der Waals surface area contributed by atoms with Crippen molar-refractivity contribution in [2.45, 2.75) is 32.4 Å². The number of ether oxygens (including phenoxy) is 2. The average Bonchev–Trinajstić information content (AvgIpc) is 2.89. The van der Waals surface area contributed by atoms with Gasteiger partial charge in [-0.25, -0.2) is 4.98 Å². The maximum Gasteiger partial charge on any atom is 0.226 e. The summed E-state index contributed by atoms with van der Waals surface area (Å²) in [4.78, 5) is 18.8. The standard InChI is InChI=1S/C14H20N2O4/c1-18-9-13-15-11-8-16(5-2-12(11)20-13)14(17)10-3-6-19-7-4-10/h10H,2-9H2,1H3. The Hall–Kier alpha value is -1.40. The zero-order chi connectivity index (χ0) is 13.9. The minimum absolute atomic E-state index is 0.107. The van der Waals surface area contributed by atoms with E-state index in [1.165, 1.54) is 0 Å². The van der Waals surface area contributed by atoms with Crippen molar-refractivity contribution in [3.8, 4) is 0 Å². The number of amides is 1. The van der Waals surface area contributed by atoms with Gasteiger partial charge in [0.1, 0.15) is 18.1 Å². The molecule has 0 saturated carbocycles. The molecule has 110 valence electrons. The molecule has 6 nitrogen and oxygen atoms in total. The Morgan fingerprint density at radius 3 is 3.00 bits per heavy atom. The molecule has 0 N–H and O–H groups in total. The molecule has 0 bridgehead atoms. The second kappa shape index (κ2) is 5.93. The largest absolute Gasteiger partial charge is 0.443 e. The molecule has 1 aromatic rings. The third kappa shape index (κ3) is 2.71. The first-order chi connectivity index (χ1) is 9.78. The molecule has 3 heterocycles. The highest BCUT2D eigenvalue weighted by Gasteiger charge is 2.30. The molecular formula is C14H20N2O4. The molecule has 1 amide bonds. The van der Waals surface area contributed by atoms with Gasteiger partial charge in [0, 0.05) is 39.2 Å². The van der Waals surface area contributed by atoms with Gasteiger partial charge in [-0.15, -0.1) is 0 Å². The van der Waals surface area contributed by atoms with Crippen LogP contribution in [0, 0.1) is 5.92 Å². The first-order valence-corrected chi connectivity index (χ1v) is 7.11. The van der Waals surface area contributed by atoms with Crippen molar-refractivity contribution in [1.29, 1.82) is 0 Å². The van der Waals surface area contributed by atoms with Crippen molar-refractivity contribution in [2.24, 2.45) is 5.92 Å². The van der Waals surface area contributed by atoms with Crippen molar-refractivity contribution < 1.29 is 18.7 Å². The van der Waals surface area contributed by atoms with Crippen molar-refractivity contribution in [3.05, 3.63) is 17.3 Å². The number of hydrogen-bond donors (Lipinski definition) is 0. The van der Waals surface area contributed by atoms with Crippen molar-refractivity contribution in [3.63, 3.8) is 0 Å². The third-order valence-corrected chi connectivity index (χ3v) is 3.92. The fraction of sp³-hybridized carbons (Fsp3) is 0.714. The van der Waals surface area contributed by atoms with Gasteiger partial charge in [-0.2, -0.15) is 0 Å². The van der Waals surface area contributed by atoms with Crippen LogP contribution in [0.5, 0.6) is 0 Å². The van der Waals surface area contributed by atoms with Crippen molar-refractivity contribution >= 4 is 5.91 Å². The van der Waals surface area contributed by atoms with Crippen LogP contribution in [0.3, 0.4) is 0 Å². The Bertz CT molecular complexity index is 480. The smallest absolute Gasteiger partial charge is 0.226 e. The Kier molecular flexibility index (Phi) is 4.03. The Balaban J connectivity index is 1.66. The maximum absolute atomic E-state index is 12.5. The van der Waals surface area contributed by atoms with Gasteiger partial charge < -0.3 is 18.8 Å². The summed E-state index contributed by atoms with van der Waals surface area (Å²) in [6, 6.07) is 0. The lowest BCUT2D eigenvalue weighted by molar-refractivity contribution is -0.139. The summed E-state index contributed by atoms with van der Waals surface area (Å²) in [5.41, 5.74) is 0.878. The van der Waals surface area contributed by atoms with E-state index in [1.54, 1.807) is 7.11 Å². The minimum Gasteiger partial charge on any atom is -0.443 e. The molecule has 0 aromatic carbocycles. The van der Waals surface area contributed by atoms with Gasteiger partial charge in [0.25, 0.3) is 0 Å². The molecule has 2 aliphatic rings. The van der Waals surface area contributed by atoms with Crippen LogP contribution in [0.15, 0.2) is 4.42 Å². The van der Waals surface area contributed by atoms with Crippen LogP contribution < -0.4 is 0 Å². The molecule has 1 saturated heterocycles. The molecule has 20 heavy (non-hydrogen) atoms. The van der Waals surface area contributed by atoms with E-state index in [1.807, 2.05) is 4.90 Å². The number of carbonyl (C=O) groups excluding carboxylic acids is 1. The molecule has 0 atom stereocenters. The number of aromatic nitrogens is 1. The Labute approximate surface area is 118 Å². The van der Waals surface area contributed by atoms with Crippen LogP contribution in [0.1, 0.15) is 30.2 Å². The fourth-order valence-electron chi connectivity index (χ4n) is 2.83. The number of oxazole rings is 1. The van der Waals surface area contributed by atoms with E-state index in [2.05, 4.69) is 4.98 Å². The number of nitrogens with zero attached hydrogens (tertiary/aromatic N) is 2. The summed E-state index contributed by atoms with van der Waals surface area (Å²) < 4.78 is 16.0. The third-order valence-electron chi connectivity index (χ3n) is 3.92. The average molecular weight is 280 g/mol. The lowest BCUT2D eigenvalue weighted by Crippen LogP contribution is -2.41. The number of fused-ring (bicyclic) bond motifs is 1. The number of carbonyl (C=O) groups is 1.